The molecule has 0 fully saturated rings. The van der Waals surface area contributed by atoms with E-state index < -0.39 is 97.5 Å². The van der Waals surface area contributed by atoms with E-state index in [0.717, 1.165) is 115 Å². The number of unbranched alkanes of at least 4 members (excludes halogenated alkanes) is 22. The fourth-order valence-corrected chi connectivity index (χ4v) is 10.4. The molecule has 80 heavy (non-hydrogen) atoms. The average Bonchev–Trinajstić information content (AvgIpc) is 3.41. The number of hydrogen-bond acceptors (Lipinski definition) is 15. The molecule has 0 amide bonds. The predicted molar refractivity (Wildman–Crippen MR) is 317 cm³/mol. The Morgan fingerprint density at radius 2 is 0.600 bits per heavy atom. The van der Waals surface area contributed by atoms with Gasteiger partial charge in [-0.25, -0.2) is 9.13 Å². The summed E-state index contributed by atoms with van der Waals surface area (Å²) in [6, 6.07) is 0. The van der Waals surface area contributed by atoms with Crippen molar-refractivity contribution in [2.75, 3.05) is 39.6 Å². The molecule has 0 aromatic heterocycles. The molecule has 19 heteroatoms. The number of ether oxygens (including phenoxy) is 4. The zero-order valence-electron chi connectivity index (χ0n) is 51.7. The number of esters is 4. The largest absolute Gasteiger partial charge is 0.472 e. The van der Waals surface area contributed by atoms with Gasteiger partial charge in [0.25, 0.3) is 0 Å². The van der Waals surface area contributed by atoms with Crippen LogP contribution in [0.2, 0.25) is 0 Å². The number of hydrogen-bond donors (Lipinski definition) is 3. The van der Waals surface area contributed by atoms with Crippen LogP contribution in [0.3, 0.4) is 0 Å². The van der Waals surface area contributed by atoms with E-state index in [1.165, 1.54) is 77.0 Å². The number of rotatable bonds is 58. The summed E-state index contributed by atoms with van der Waals surface area (Å²) in [6.07, 6.45) is 29.7. The number of aliphatic hydroxyl groups is 1. The van der Waals surface area contributed by atoms with Crippen molar-refractivity contribution in [2.45, 2.75) is 305 Å². The summed E-state index contributed by atoms with van der Waals surface area (Å²) in [4.78, 5) is 72.0. The van der Waals surface area contributed by atoms with Crippen molar-refractivity contribution in [1.82, 2.24) is 0 Å². The summed E-state index contributed by atoms with van der Waals surface area (Å²) in [5, 5.41) is 10.5. The highest BCUT2D eigenvalue weighted by molar-refractivity contribution is 7.47. The summed E-state index contributed by atoms with van der Waals surface area (Å²) in [6.45, 7) is 13.8. The molecular formula is C61H118O17P2. The van der Waals surface area contributed by atoms with Crippen LogP contribution in [0.5, 0.6) is 0 Å². The summed E-state index contributed by atoms with van der Waals surface area (Å²) in [7, 11) is -9.88. The van der Waals surface area contributed by atoms with Gasteiger partial charge in [0.2, 0.25) is 0 Å². The summed E-state index contributed by atoms with van der Waals surface area (Å²) >= 11 is 0. The summed E-state index contributed by atoms with van der Waals surface area (Å²) in [5.41, 5.74) is 0. The molecule has 474 valence electrons. The van der Waals surface area contributed by atoms with Crippen LogP contribution in [0.4, 0.5) is 0 Å². The standard InChI is InChI=1S/C61H118O17P2/c1-9-53(7)39-31-23-13-11-12-14-27-35-43-60(65)77-56(47-71-58(63)41-33-25-18-15-21-29-37-51(3)4)49-75-79(67,68)73-45-55(62)46-74-80(69,70)76-50-57(78-61(66)44-36-28-19-16-22-30-38-52(5)6)48-72-59(64)42-34-26-20-17-24-32-40-54(8)10-2/h51-57,62H,9-50H2,1-8H3,(H,67,68)(H,69,70)/t53?,54?,55-,56+,57+/m0/s1. The normalized spacial score (nSPS) is 15.2. The molecule has 0 radical (unpaired) electrons. The zero-order chi connectivity index (χ0) is 59.7. The third-order valence-corrected chi connectivity index (χ3v) is 16.4. The van der Waals surface area contributed by atoms with Crippen LogP contribution in [0.25, 0.3) is 0 Å². The second kappa shape index (κ2) is 51.5. The Morgan fingerprint density at radius 3 is 0.887 bits per heavy atom. The van der Waals surface area contributed by atoms with Crippen LogP contribution in [0.15, 0.2) is 0 Å². The van der Waals surface area contributed by atoms with Gasteiger partial charge in [0.15, 0.2) is 12.2 Å². The third-order valence-electron chi connectivity index (χ3n) is 14.5. The first-order valence-corrected chi connectivity index (χ1v) is 34.8. The van der Waals surface area contributed by atoms with Crippen molar-refractivity contribution >= 4 is 39.5 Å². The number of carbonyl (C=O) groups is 4. The van der Waals surface area contributed by atoms with Crippen molar-refractivity contribution in [3.8, 4) is 0 Å². The van der Waals surface area contributed by atoms with Gasteiger partial charge in [0.05, 0.1) is 26.4 Å². The second-order valence-corrected chi connectivity index (χ2v) is 26.4. The molecule has 0 saturated heterocycles. The zero-order valence-corrected chi connectivity index (χ0v) is 53.5. The van der Waals surface area contributed by atoms with Gasteiger partial charge in [-0.3, -0.25) is 37.3 Å². The average molecular weight is 1190 g/mol. The quantitative estimate of drug-likeness (QED) is 0.0222. The first-order valence-electron chi connectivity index (χ1n) is 31.8. The van der Waals surface area contributed by atoms with Crippen LogP contribution >= 0.6 is 15.6 Å². The van der Waals surface area contributed by atoms with E-state index in [0.29, 0.717) is 37.5 Å². The highest BCUT2D eigenvalue weighted by Crippen LogP contribution is 2.45. The van der Waals surface area contributed by atoms with Crippen molar-refractivity contribution in [2.24, 2.45) is 23.7 Å². The number of phosphoric ester groups is 2. The van der Waals surface area contributed by atoms with Crippen LogP contribution in [0, 0.1) is 23.7 Å². The van der Waals surface area contributed by atoms with Crippen LogP contribution in [0.1, 0.15) is 287 Å². The van der Waals surface area contributed by atoms with Gasteiger partial charge in [0, 0.05) is 25.7 Å². The lowest BCUT2D eigenvalue weighted by Gasteiger charge is -2.21. The smallest absolute Gasteiger partial charge is 0.462 e. The lowest BCUT2D eigenvalue weighted by molar-refractivity contribution is -0.161. The van der Waals surface area contributed by atoms with Gasteiger partial charge in [-0.05, 0) is 49.4 Å². The maximum absolute atomic E-state index is 12.9. The summed E-state index contributed by atoms with van der Waals surface area (Å²) < 4.78 is 67.8. The third kappa shape index (κ3) is 52.8. The Morgan fingerprint density at radius 1 is 0.350 bits per heavy atom. The van der Waals surface area contributed by atoms with Crippen molar-refractivity contribution in [3.05, 3.63) is 0 Å². The summed E-state index contributed by atoms with van der Waals surface area (Å²) in [5.74, 6) is 0.699. The van der Waals surface area contributed by atoms with Gasteiger partial charge in [-0.2, -0.15) is 0 Å². The Hall–Kier alpha value is -1.94. The first-order chi connectivity index (χ1) is 38.2. The van der Waals surface area contributed by atoms with Crippen molar-refractivity contribution in [1.29, 1.82) is 0 Å². The van der Waals surface area contributed by atoms with E-state index in [2.05, 4.69) is 55.4 Å². The minimum atomic E-state index is -4.94. The highest BCUT2D eigenvalue weighted by atomic mass is 31.2. The van der Waals surface area contributed by atoms with E-state index in [1.54, 1.807) is 0 Å². The molecule has 0 heterocycles. The van der Waals surface area contributed by atoms with E-state index >= 15 is 0 Å². The van der Waals surface area contributed by atoms with E-state index in [1.807, 2.05) is 0 Å². The molecule has 0 bridgehead atoms. The van der Waals surface area contributed by atoms with E-state index in [4.69, 9.17) is 37.0 Å². The Labute approximate surface area is 486 Å². The first kappa shape index (κ1) is 78.1. The molecule has 0 aliphatic carbocycles. The SMILES string of the molecule is CCC(C)CCCCCCCCCCC(=O)O[C@H](COC(=O)CCCCCCCCC(C)C)COP(=O)(O)OC[C@H](O)COP(=O)(O)OC[C@@H](COC(=O)CCCCCCCCC(C)CC)OC(=O)CCCCCCCCC(C)C. The topological polar surface area (TPSA) is 237 Å². The van der Waals surface area contributed by atoms with Gasteiger partial charge in [0.1, 0.15) is 19.3 Å². The monoisotopic (exact) mass is 1180 g/mol. The van der Waals surface area contributed by atoms with Crippen LogP contribution in [-0.2, 0) is 65.4 Å². The number of phosphoric acid groups is 2. The molecule has 17 nitrogen and oxygen atoms in total. The molecule has 0 aromatic rings. The molecular weight excluding hydrogens is 1070 g/mol. The van der Waals surface area contributed by atoms with Crippen LogP contribution in [-0.4, -0.2) is 96.7 Å². The number of aliphatic hydroxyl groups excluding tert-OH is 1. The molecule has 7 atom stereocenters. The molecule has 3 N–H and O–H groups in total. The van der Waals surface area contributed by atoms with E-state index in [-0.39, 0.29) is 25.7 Å². The van der Waals surface area contributed by atoms with E-state index in [9.17, 15) is 43.2 Å². The fraction of sp³-hybridized carbons (Fsp3) is 0.934. The molecule has 0 spiro atoms. The Kier molecular flexibility index (Phi) is 50.2. The fourth-order valence-electron chi connectivity index (χ4n) is 8.83. The molecule has 0 rings (SSSR count). The molecule has 0 aliphatic heterocycles. The van der Waals surface area contributed by atoms with Crippen molar-refractivity contribution < 1.29 is 80.2 Å². The van der Waals surface area contributed by atoms with Gasteiger partial charge in [-0.15, -0.1) is 0 Å². The Balaban J connectivity index is 5.25. The van der Waals surface area contributed by atoms with Crippen LogP contribution < -0.4 is 0 Å². The molecule has 0 saturated carbocycles. The maximum Gasteiger partial charge on any atom is 0.472 e. The van der Waals surface area contributed by atoms with Gasteiger partial charge >= 0.3 is 39.5 Å². The van der Waals surface area contributed by atoms with Crippen molar-refractivity contribution in [3.63, 3.8) is 0 Å². The lowest BCUT2D eigenvalue weighted by atomic mass is 9.99. The maximum atomic E-state index is 12.9. The van der Waals surface area contributed by atoms with Gasteiger partial charge in [-0.1, -0.05) is 235 Å². The molecule has 0 aromatic carbocycles. The lowest BCUT2D eigenvalue weighted by Crippen LogP contribution is -2.30. The predicted octanol–water partition coefficient (Wildman–Crippen LogP) is 16.2. The minimum Gasteiger partial charge on any atom is -0.462 e. The van der Waals surface area contributed by atoms with Gasteiger partial charge < -0.3 is 33.8 Å². The molecule has 0 aliphatic rings. The Bertz CT molecular complexity index is 1610. The molecule has 4 unspecified atom stereocenters. The highest BCUT2D eigenvalue weighted by Gasteiger charge is 2.30. The minimum absolute atomic E-state index is 0.100. The second-order valence-electron chi connectivity index (χ2n) is 23.5. The number of carbonyl (C=O) groups excluding carboxylic acids is 4.